The van der Waals surface area contributed by atoms with Crippen LogP contribution in [0.5, 0.6) is 0 Å². The van der Waals surface area contributed by atoms with Gasteiger partial charge in [0.25, 0.3) is 0 Å². The Morgan fingerprint density at radius 2 is 2.00 bits per heavy atom. The molecular weight excluding hydrogens is 278 g/mol. The topological polar surface area (TPSA) is 64.6 Å². The van der Waals surface area contributed by atoms with Crippen LogP contribution >= 0.6 is 0 Å². The first-order chi connectivity index (χ1) is 9.47. The maximum absolute atomic E-state index is 11.4. The Hall–Kier alpha value is -0.950. The highest BCUT2D eigenvalue weighted by atomic mass is 32.2. The molecule has 1 aromatic rings. The van der Waals surface area contributed by atoms with E-state index in [1.807, 2.05) is 19.1 Å². The van der Waals surface area contributed by atoms with Gasteiger partial charge in [-0.15, -0.1) is 0 Å². The van der Waals surface area contributed by atoms with Crippen LogP contribution < -0.4 is 5.32 Å². The lowest BCUT2D eigenvalue weighted by Gasteiger charge is -2.25. The lowest BCUT2D eigenvalue weighted by Crippen LogP contribution is -2.38. The quantitative estimate of drug-likeness (QED) is 0.884. The van der Waals surface area contributed by atoms with E-state index in [-0.39, 0.29) is 12.1 Å². The van der Waals surface area contributed by atoms with Gasteiger partial charge in [-0.25, -0.2) is 8.42 Å². The minimum Gasteiger partial charge on any atom is -0.376 e. The predicted molar refractivity (Wildman–Crippen MR) is 76.5 cm³/mol. The van der Waals surface area contributed by atoms with E-state index in [4.69, 9.17) is 9.47 Å². The number of hydrogen-bond donors (Lipinski definition) is 1. The third-order valence-corrected chi connectivity index (χ3v) is 4.47. The lowest BCUT2D eigenvalue weighted by molar-refractivity contribution is -0.0869. The minimum atomic E-state index is -3.13. The van der Waals surface area contributed by atoms with Gasteiger partial charge in [-0.1, -0.05) is 12.1 Å². The summed E-state index contributed by atoms with van der Waals surface area (Å²) < 4.78 is 33.7. The van der Waals surface area contributed by atoms with Crippen LogP contribution in [0, 0.1) is 0 Å². The molecule has 1 aromatic carbocycles. The van der Waals surface area contributed by atoms with Gasteiger partial charge in [0, 0.05) is 18.8 Å². The maximum Gasteiger partial charge on any atom is 0.175 e. The third kappa shape index (κ3) is 4.28. The van der Waals surface area contributed by atoms with Crippen molar-refractivity contribution in [2.75, 3.05) is 32.6 Å². The molecular formula is C14H21NO4S. The van der Waals surface area contributed by atoms with Crippen molar-refractivity contribution in [2.24, 2.45) is 0 Å². The first-order valence-electron chi connectivity index (χ1n) is 6.69. The molecule has 1 aliphatic rings. The molecule has 1 saturated heterocycles. The summed E-state index contributed by atoms with van der Waals surface area (Å²) in [5, 5.41) is 3.37. The van der Waals surface area contributed by atoms with Gasteiger partial charge in [0.1, 0.15) is 0 Å². The van der Waals surface area contributed by atoms with Crippen LogP contribution in [-0.4, -0.2) is 47.1 Å². The molecule has 2 atom stereocenters. The number of ether oxygens (including phenoxy) is 2. The van der Waals surface area contributed by atoms with E-state index in [0.29, 0.717) is 24.7 Å². The molecule has 1 heterocycles. The summed E-state index contributed by atoms with van der Waals surface area (Å²) in [6.45, 7) is 4.68. The van der Waals surface area contributed by atoms with Crippen molar-refractivity contribution in [3.63, 3.8) is 0 Å². The highest BCUT2D eigenvalue weighted by molar-refractivity contribution is 7.90. The van der Waals surface area contributed by atoms with Gasteiger partial charge in [-0.2, -0.15) is 0 Å². The molecule has 0 aromatic heterocycles. The van der Waals surface area contributed by atoms with Crippen LogP contribution in [0.1, 0.15) is 18.5 Å². The zero-order chi connectivity index (χ0) is 14.6. The molecule has 112 valence electrons. The zero-order valence-corrected chi connectivity index (χ0v) is 12.7. The zero-order valence-electron chi connectivity index (χ0n) is 11.8. The highest BCUT2D eigenvalue weighted by Crippen LogP contribution is 2.16. The first kappa shape index (κ1) is 15.4. The molecule has 6 heteroatoms. The molecule has 1 aliphatic heterocycles. The SMILES string of the molecule is CC(NCC1COCCO1)c1ccc(S(C)(=O)=O)cc1. The fraction of sp³-hybridized carbons (Fsp3) is 0.571. The molecule has 0 aliphatic carbocycles. The summed E-state index contributed by atoms with van der Waals surface area (Å²) >= 11 is 0. The standard InChI is InChI=1S/C14H21NO4S/c1-11(15-9-13-10-18-7-8-19-13)12-3-5-14(6-4-12)20(2,16)17/h3-6,11,13,15H,7-10H2,1-2H3. The summed E-state index contributed by atoms with van der Waals surface area (Å²) in [6, 6.07) is 7.10. The van der Waals surface area contributed by atoms with E-state index in [1.54, 1.807) is 12.1 Å². The minimum absolute atomic E-state index is 0.0847. The van der Waals surface area contributed by atoms with E-state index in [1.165, 1.54) is 6.26 Å². The number of sulfone groups is 1. The Balaban J connectivity index is 1.90. The molecule has 0 bridgehead atoms. The fourth-order valence-electron chi connectivity index (χ4n) is 2.08. The van der Waals surface area contributed by atoms with Crippen LogP contribution in [0.15, 0.2) is 29.2 Å². The van der Waals surface area contributed by atoms with Crippen molar-refractivity contribution in [1.82, 2.24) is 5.32 Å². The monoisotopic (exact) mass is 299 g/mol. The molecule has 2 rings (SSSR count). The Bertz CT molecular complexity index is 521. The van der Waals surface area contributed by atoms with Crippen molar-refractivity contribution in [1.29, 1.82) is 0 Å². The lowest BCUT2D eigenvalue weighted by atomic mass is 10.1. The van der Waals surface area contributed by atoms with E-state index in [2.05, 4.69) is 5.32 Å². The highest BCUT2D eigenvalue weighted by Gasteiger charge is 2.16. The van der Waals surface area contributed by atoms with Crippen molar-refractivity contribution < 1.29 is 17.9 Å². The van der Waals surface area contributed by atoms with Gasteiger partial charge in [0.2, 0.25) is 0 Å². The molecule has 5 nitrogen and oxygen atoms in total. The fourth-order valence-corrected chi connectivity index (χ4v) is 2.71. The van der Waals surface area contributed by atoms with E-state index >= 15 is 0 Å². The number of rotatable bonds is 5. The summed E-state index contributed by atoms with van der Waals surface area (Å²) in [7, 11) is -3.13. The Morgan fingerprint density at radius 1 is 1.30 bits per heavy atom. The van der Waals surface area contributed by atoms with Gasteiger partial charge >= 0.3 is 0 Å². The molecule has 20 heavy (non-hydrogen) atoms. The van der Waals surface area contributed by atoms with Gasteiger partial charge in [0.15, 0.2) is 9.84 Å². The van der Waals surface area contributed by atoms with Crippen molar-refractivity contribution in [3.8, 4) is 0 Å². The molecule has 1 fully saturated rings. The van der Waals surface area contributed by atoms with Gasteiger partial charge < -0.3 is 14.8 Å². The van der Waals surface area contributed by atoms with Gasteiger partial charge in [-0.05, 0) is 24.6 Å². The van der Waals surface area contributed by atoms with Crippen LogP contribution in [0.2, 0.25) is 0 Å². The summed E-state index contributed by atoms with van der Waals surface area (Å²) in [5.74, 6) is 0. The third-order valence-electron chi connectivity index (χ3n) is 3.34. The van der Waals surface area contributed by atoms with Crippen LogP contribution in [-0.2, 0) is 19.3 Å². The van der Waals surface area contributed by atoms with Gasteiger partial charge in [0.05, 0.1) is 30.8 Å². The second kappa shape index (κ2) is 6.67. The van der Waals surface area contributed by atoms with E-state index in [0.717, 1.165) is 12.1 Å². The summed E-state index contributed by atoms with van der Waals surface area (Å²) in [5.41, 5.74) is 1.05. The molecule has 0 radical (unpaired) electrons. The maximum atomic E-state index is 11.4. The average Bonchev–Trinajstić information content (AvgIpc) is 2.45. The number of nitrogens with one attached hydrogen (secondary N) is 1. The molecule has 0 amide bonds. The van der Waals surface area contributed by atoms with E-state index in [9.17, 15) is 8.42 Å². The molecule has 2 unspecified atom stereocenters. The summed E-state index contributed by atoms with van der Waals surface area (Å²) in [6.07, 6.45) is 1.30. The number of benzene rings is 1. The van der Waals surface area contributed by atoms with Crippen LogP contribution in [0.3, 0.4) is 0 Å². The average molecular weight is 299 g/mol. The Kier molecular flexibility index (Phi) is 5.15. The Morgan fingerprint density at radius 3 is 2.55 bits per heavy atom. The van der Waals surface area contributed by atoms with E-state index < -0.39 is 9.84 Å². The Labute approximate surface area is 120 Å². The largest absolute Gasteiger partial charge is 0.376 e. The molecule has 1 N–H and O–H groups in total. The van der Waals surface area contributed by atoms with Crippen molar-refractivity contribution in [3.05, 3.63) is 29.8 Å². The smallest absolute Gasteiger partial charge is 0.175 e. The number of hydrogen-bond acceptors (Lipinski definition) is 5. The van der Waals surface area contributed by atoms with Crippen molar-refractivity contribution in [2.45, 2.75) is 24.0 Å². The first-order valence-corrected chi connectivity index (χ1v) is 8.58. The molecule has 0 saturated carbocycles. The second-order valence-corrected chi connectivity index (χ2v) is 7.05. The van der Waals surface area contributed by atoms with Crippen LogP contribution in [0.25, 0.3) is 0 Å². The normalized spacial score (nSPS) is 21.6. The second-order valence-electron chi connectivity index (χ2n) is 5.04. The predicted octanol–water partition coefficient (Wildman–Crippen LogP) is 1.16. The van der Waals surface area contributed by atoms with Gasteiger partial charge in [-0.3, -0.25) is 0 Å². The summed E-state index contributed by atoms with van der Waals surface area (Å²) in [4.78, 5) is 0.345. The van der Waals surface area contributed by atoms with Crippen LogP contribution in [0.4, 0.5) is 0 Å². The van der Waals surface area contributed by atoms with Crippen molar-refractivity contribution >= 4 is 9.84 Å². The molecule has 0 spiro atoms.